The summed E-state index contributed by atoms with van der Waals surface area (Å²) in [5, 5.41) is 1.56. The maximum Gasteiger partial charge on any atom is 0.387 e. The molecule has 0 N–H and O–H groups in total. The van der Waals surface area contributed by atoms with Crippen molar-refractivity contribution in [1.29, 1.82) is 0 Å². The molecule has 33 heavy (non-hydrogen) atoms. The molecule has 3 atom stereocenters. The molecule has 0 bridgehead atoms. The summed E-state index contributed by atoms with van der Waals surface area (Å²) in [5.74, 6) is -1.49. The highest BCUT2D eigenvalue weighted by Gasteiger charge is 2.59. The summed E-state index contributed by atoms with van der Waals surface area (Å²) in [7, 11) is 0. The van der Waals surface area contributed by atoms with Crippen LogP contribution < -0.4 is 9.80 Å². The molecule has 2 heterocycles. The lowest BCUT2D eigenvalue weighted by Gasteiger charge is -2.28. The number of para-hydroxylation sites is 1. The van der Waals surface area contributed by atoms with Crippen molar-refractivity contribution in [1.82, 2.24) is 4.90 Å². The molecular formula is C25H20F2N2O4. The van der Waals surface area contributed by atoms with Crippen molar-refractivity contribution in [2.45, 2.75) is 25.3 Å². The van der Waals surface area contributed by atoms with Gasteiger partial charge in [-0.25, -0.2) is 5.06 Å². The van der Waals surface area contributed by atoms with Crippen LogP contribution in [0.2, 0.25) is 0 Å². The zero-order chi connectivity index (χ0) is 22.9. The van der Waals surface area contributed by atoms with E-state index in [0.717, 1.165) is 5.56 Å². The minimum Gasteiger partial charge on any atom is -0.435 e. The highest BCUT2D eigenvalue weighted by molar-refractivity contribution is 6.07. The molecule has 0 aromatic heterocycles. The number of carbonyl (C=O) groups is 2. The van der Waals surface area contributed by atoms with Crippen LogP contribution in [0.25, 0.3) is 0 Å². The Bertz CT molecular complexity index is 1140. The van der Waals surface area contributed by atoms with Gasteiger partial charge in [-0.3, -0.25) is 19.3 Å². The van der Waals surface area contributed by atoms with Crippen LogP contribution in [0.5, 0.6) is 5.75 Å². The van der Waals surface area contributed by atoms with Crippen molar-refractivity contribution in [2.75, 3.05) is 5.06 Å². The Morgan fingerprint density at radius 2 is 1.48 bits per heavy atom. The topological polar surface area (TPSA) is 59.1 Å². The van der Waals surface area contributed by atoms with Crippen LogP contribution in [0.3, 0.4) is 0 Å². The number of hydrogen-bond acceptors (Lipinski definition) is 5. The Balaban J connectivity index is 1.49. The van der Waals surface area contributed by atoms with Gasteiger partial charge in [-0.1, -0.05) is 60.7 Å². The lowest BCUT2D eigenvalue weighted by Crippen LogP contribution is -2.36. The Hall–Kier alpha value is -3.78. The zero-order valence-corrected chi connectivity index (χ0v) is 17.4. The van der Waals surface area contributed by atoms with E-state index in [1.54, 1.807) is 17.2 Å². The van der Waals surface area contributed by atoms with Gasteiger partial charge in [-0.2, -0.15) is 8.78 Å². The highest BCUT2D eigenvalue weighted by atomic mass is 19.3. The molecule has 6 nitrogen and oxygen atoms in total. The normalized spacial score (nSPS) is 22.2. The maximum absolute atomic E-state index is 13.4. The smallest absolute Gasteiger partial charge is 0.387 e. The molecular weight excluding hydrogens is 430 g/mol. The molecule has 2 aliphatic heterocycles. The largest absolute Gasteiger partial charge is 0.435 e. The van der Waals surface area contributed by atoms with E-state index in [1.807, 2.05) is 60.7 Å². The van der Waals surface area contributed by atoms with E-state index in [9.17, 15) is 18.4 Å². The monoisotopic (exact) mass is 450 g/mol. The zero-order valence-electron chi connectivity index (χ0n) is 17.4. The molecule has 168 valence electrons. The molecule has 2 aliphatic rings. The average molecular weight is 450 g/mol. The van der Waals surface area contributed by atoms with Crippen molar-refractivity contribution < 1.29 is 27.9 Å². The number of alkyl halides is 2. The maximum atomic E-state index is 13.4. The summed E-state index contributed by atoms with van der Waals surface area (Å²) in [6.07, 6.45) is -0.969. The quantitative estimate of drug-likeness (QED) is 0.523. The minimum absolute atomic E-state index is 0.00926. The van der Waals surface area contributed by atoms with Crippen LogP contribution in [-0.2, 0) is 21.0 Å². The number of carbonyl (C=O) groups excluding carboxylic acids is 2. The number of likely N-dealkylation sites (tertiary alicyclic amines) is 1. The number of fused-ring (bicyclic) bond motifs is 1. The van der Waals surface area contributed by atoms with Gasteiger partial charge < -0.3 is 4.74 Å². The van der Waals surface area contributed by atoms with Gasteiger partial charge in [0.05, 0.1) is 18.3 Å². The van der Waals surface area contributed by atoms with Crippen molar-refractivity contribution in [3.8, 4) is 5.75 Å². The van der Waals surface area contributed by atoms with Gasteiger partial charge in [-0.15, -0.1) is 0 Å². The number of rotatable bonds is 6. The van der Waals surface area contributed by atoms with Crippen molar-refractivity contribution in [3.63, 3.8) is 0 Å². The van der Waals surface area contributed by atoms with Crippen molar-refractivity contribution in [3.05, 3.63) is 96.1 Å². The number of hydroxylamine groups is 1. The number of anilines is 1. The summed E-state index contributed by atoms with van der Waals surface area (Å²) in [5.41, 5.74) is 2.17. The number of nitrogens with zero attached hydrogens (tertiary/aromatic N) is 2. The van der Waals surface area contributed by atoms with Crippen LogP contribution in [0, 0.1) is 5.92 Å². The predicted octanol–water partition coefficient (Wildman–Crippen LogP) is 4.33. The first kappa shape index (κ1) is 21.1. The first-order valence-corrected chi connectivity index (χ1v) is 10.5. The lowest BCUT2D eigenvalue weighted by molar-refractivity contribution is -0.143. The fourth-order valence-corrected chi connectivity index (χ4v) is 4.38. The second-order valence-electron chi connectivity index (χ2n) is 7.85. The van der Waals surface area contributed by atoms with Gasteiger partial charge >= 0.3 is 6.61 Å². The third-order valence-electron chi connectivity index (χ3n) is 5.85. The second-order valence-corrected chi connectivity index (χ2v) is 7.85. The molecule has 0 unspecified atom stereocenters. The molecule has 0 saturated carbocycles. The van der Waals surface area contributed by atoms with E-state index in [2.05, 4.69) is 4.74 Å². The Morgan fingerprint density at radius 1 is 0.848 bits per heavy atom. The van der Waals surface area contributed by atoms with Gasteiger partial charge in [0.15, 0.2) is 6.10 Å². The van der Waals surface area contributed by atoms with Gasteiger partial charge in [0.1, 0.15) is 11.7 Å². The standard InChI is InChI=1S/C25H20F2N2O4/c26-25(27)32-19-13-11-17(12-14-19)21-20-22(33-29(21)18-9-5-2-6-10-18)24(31)28(23(20)30)15-16-7-3-1-4-8-16/h1-14,20-22,25H,15H2/t20-,21+,22-/m1/s1. The number of hydrogen-bond donors (Lipinski definition) is 0. The number of ether oxygens (including phenoxy) is 1. The molecule has 0 radical (unpaired) electrons. The molecule has 0 spiro atoms. The van der Waals surface area contributed by atoms with Crippen LogP contribution in [0.15, 0.2) is 84.9 Å². The minimum atomic E-state index is -2.93. The Labute approximate surface area is 188 Å². The fourth-order valence-electron chi connectivity index (χ4n) is 4.38. The molecule has 0 aliphatic carbocycles. The summed E-state index contributed by atoms with van der Waals surface area (Å²) < 4.78 is 29.6. The summed E-state index contributed by atoms with van der Waals surface area (Å²) in [4.78, 5) is 33.9. The van der Waals surface area contributed by atoms with E-state index < -0.39 is 30.6 Å². The molecule has 3 aromatic carbocycles. The van der Waals surface area contributed by atoms with E-state index in [0.29, 0.717) is 11.3 Å². The van der Waals surface area contributed by atoms with Crippen LogP contribution >= 0.6 is 0 Å². The lowest BCUT2D eigenvalue weighted by atomic mass is 9.90. The van der Waals surface area contributed by atoms with Gasteiger partial charge in [-0.05, 0) is 35.4 Å². The SMILES string of the molecule is O=C1[C@H]2[C@@H](ON(c3ccccc3)[C@H]2c2ccc(OC(F)F)cc2)C(=O)N1Cc1ccccc1. The van der Waals surface area contributed by atoms with Crippen molar-refractivity contribution in [2.24, 2.45) is 5.92 Å². The number of benzene rings is 3. The van der Waals surface area contributed by atoms with E-state index in [4.69, 9.17) is 4.84 Å². The van der Waals surface area contributed by atoms with E-state index >= 15 is 0 Å². The molecule has 2 fully saturated rings. The van der Waals surface area contributed by atoms with Gasteiger partial charge in [0, 0.05) is 0 Å². The summed E-state index contributed by atoms with van der Waals surface area (Å²) in [6.45, 7) is -2.77. The average Bonchev–Trinajstić information content (AvgIpc) is 3.33. The summed E-state index contributed by atoms with van der Waals surface area (Å²) >= 11 is 0. The summed E-state index contributed by atoms with van der Waals surface area (Å²) in [6, 6.07) is 23.9. The Morgan fingerprint density at radius 3 is 2.12 bits per heavy atom. The highest BCUT2D eigenvalue weighted by Crippen LogP contribution is 2.47. The number of halogens is 2. The first-order chi connectivity index (χ1) is 16.0. The van der Waals surface area contributed by atoms with E-state index in [-0.39, 0.29) is 18.2 Å². The molecule has 8 heteroatoms. The third-order valence-corrected chi connectivity index (χ3v) is 5.85. The molecule has 3 aromatic rings. The number of amides is 2. The molecule has 2 amide bonds. The molecule has 2 saturated heterocycles. The Kier molecular flexibility index (Phi) is 5.51. The van der Waals surface area contributed by atoms with Crippen LogP contribution in [0.4, 0.5) is 14.5 Å². The number of imide groups is 1. The molecule has 5 rings (SSSR count). The predicted molar refractivity (Wildman–Crippen MR) is 115 cm³/mol. The van der Waals surface area contributed by atoms with Crippen LogP contribution in [-0.4, -0.2) is 29.4 Å². The second kappa shape index (κ2) is 8.63. The third kappa shape index (κ3) is 3.93. The first-order valence-electron chi connectivity index (χ1n) is 10.5. The fraction of sp³-hybridized carbons (Fsp3) is 0.200. The van der Waals surface area contributed by atoms with E-state index in [1.165, 1.54) is 17.0 Å². The van der Waals surface area contributed by atoms with Crippen LogP contribution in [0.1, 0.15) is 17.2 Å². The van der Waals surface area contributed by atoms with Crippen molar-refractivity contribution >= 4 is 17.5 Å². The van der Waals surface area contributed by atoms with Gasteiger partial charge in [0.2, 0.25) is 5.91 Å². The van der Waals surface area contributed by atoms with Gasteiger partial charge in [0.25, 0.3) is 5.91 Å².